The van der Waals surface area contributed by atoms with E-state index in [1.165, 1.54) is 0 Å². The summed E-state index contributed by atoms with van der Waals surface area (Å²) in [6, 6.07) is 50.2. The Balaban J connectivity index is 1.45. The molecule has 194 valence electrons. The molecule has 6 aromatic carbocycles. The second-order valence-corrected chi connectivity index (χ2v) is 10.5. The van der Waals surface area contributed by atoms with Crippen LogP contribution in [0.15, 0.2) is 133 Å². The van der Waals surface area contributed by atoms with Crippen LogP contribution in [0.3, 0.4) is 0 Å². The van der Waals surface area contributed by atoms with Crippen molar-refractivity contribution in [3.05, 3.63) is 145 Å². The highest BCUT2D eigenvalue weighted by Gasteiger charge is 2.19. The zero-order valence-corrected chi connectivity index (χ0v) is 22.5. The maximum Gasteiger partial charge on any atom is 0.0992 e. The third-order valence-corrected chi connectivity index (χ3v) is 8.15. The molecule has 0 unspecified atom stereocenters. The first kappa shape index (κ1) is 23.8. The molecule has 0 aliphatic rings. The number of benzene rings is 6. The van der Waals surface area contributed by atoms with Crippen molar-refractivity contribution in [2.24, 2.45) is 0 Å². The molecule has 2 heterocycles. The van der Waals surface area contributed by atoms with E-state index in [4.69, 9.17) is 0 Å². The maximum atomic E-state index is 9.65. The molecule has 8 aromatic rings. The van der Waals surface area contributed by atoms with Gasteiger partial charge in [0.2, 0.25) is 0 Å². The highest BCUT2D eigenvalue weighted by Crippen LogP contribution is 2.40. The lowest BCUT2D eigenvalue weighted by atomic mass is 9.99. The normalized spacial score (nSPS) is 11.3. The van der Waals surface area contributed by atoms with Crippen molar-refractivity contribution < 1.29 is 0 Å². The van der Waals surface area contributed by atoms with Gasteiger partial charge in [0.15, 0.2) is 0 Å². The number of nitrogens with zero attached hydrogens (tertiary/aromatic N) is 4. The van der Waals surface area contributed by atoms with Gasteiger partial charge in [0, 0.05) is 38.5 Å². The van der Waals surface area contributed by atoms with Gasteiger partial charge in [0.25, 0.3) is 0 Å². The van der Waals surface area contributed by atoms with Crippen LogP contribution in [0.4, 0.5) is 0 Å². The minimum absolute atomic E-state index is 0.634. The van der Waals surface area contributed by atoms with Gasteiger partial charge >= 0.3 is 0 Å². The molecule has 2 aromatic heterocycles. The summed E-state index contributed by atoms with van der Waals surface area (Å²) in [7, 11) is 0. The summed E-state index contributed by atoms with van der Waals surface area (Å²) in [6.07, 6.45) is 0. The number of para-hydroxylation sites is 3. The Morgan fingerprint density at radius 2 is 1.07 bits per heavy atom. The maximum absolute atomic E-state index is 9.65. The van der Waals surface area contributed by atoms with Crippen LogP contribution in [-0.4, -0.2) is 9.13 Å². The third-order valence-electron chi connectivity index (χ3n) is 8.15. The van der Waals surface area contributed by atoms with E-state index in [1.807, 2.05) is 36.4 Å². The van der Waals surface area contributed by atoms with Crippen LogP contribution in [0.2, 0.25) is 0 Å². The number of rotatable bonds is 3. The SMILES string of the molecule is N#Cc1cccc(-n2c3ccccc3c3cc(-c4cccc5c6cc(C#N)ccc6n(-c6ccccc6)c45)ccc32)c1. The largest absolute Gasteiger partial charge is 0.309 e. The summed E-state index contributed by atoms with van der Waals surface area (Å²) < 4.78 is 4.54. The fraction of sp³-hybridized carbons (Fsp3) is 0. The summed E-state index contributed by atoms with van der Waals surface area (Å²) in [5.41, 5.74) is 9.92. The van der Waals surface area contributed by atoms with Crippen molar-refractivity contribution >= 4 is 43.6 Å². The molecule has 0 atom stereocenters. The molecule has 42 heavy (non-hydrogen) atoms. The Morgan fingerprint density at radius 3 is 1.93 bits per heavy atom. The third kappa shape index (κ3) is 3.47. The first-order valence-electron chi connectivity index (χ1n) is 13.8. The van der Waals surface area contributed by atoms with Gasteiger partial charge in [-0.3, -0.25) is 0 Å². The first-order chi connectivity index (χ1) is 20.7. The molecule has 0 saturated heterocycles. The van der Waals surface area contributed by atoms with Gasteiger partial charge in [0.1, 0.15) is 0 Å². The molecular formula is C38H22N4. The van der Waals surface area contributed by atoms with E-state index in [0.717, 1.165) is 66.1 Å². The van der Waals surface area contributed by atoms with Gasteiger partial charge in [-0.25, -0.2) is 0 Å². The molecular weight excluding hydrogens is 512 g/mol. The minimum Gasteiger partial charge on any atom is -0.309 e. The van der Waals surface area contributed by atoms with Crippen LogP contribution in [0, 0.1) is 22.7 Å². The summed E-state index contributed by atoms with van der Waals surface area (Å²) >= 11 is 0. The number of fused-ring (bicyclic) bond motifs is 6. The van der Waals surface area contributed by atoms with Gasteiger partial charge in [0.05, 0.1) is 45.3 Å². The monoisotopic (exact) mass is 534 g/mol. The molecule has 4 nitrogen and oxygen atoms in total. The lowest BCUT2D eigenvalue weighted by Crippen LogP contribution is -1.95. The Bertz CT molecular complexity index is 2430. The van der Waals surface area contributed by atoms with Gasteiger partial charge < -0.3 is 9.13 Å². The summed E-state index contributed by atoms with van der Waals surface area (Å²) in [5, 5.41) is 23.7. The van der Waals surface area contributed by atoms with Crippen LogP contribution >= 0.6 is 0 Å². The van der Waals surface area contributed by atoms with Crippen LogP contribution in [-0.2, 0) is 0 Å². The van der Waals surface area contributed by atoms with Crippen LogP contribution in [0.5, 0.6) is 0 Å². The molecule has 4 heteroatoms. The van der Waals surface area contributed by atoms with E-state index in [0.29, 0.717) is 11.1 Å². The summed E-state index contributed by atoms with van der Waals surface area (Å²) in [5.74, 6) is 0. The standard InChI is InChI=1S/C38H22N4/c39-23-25-8-6-11-29(20-25)41-35-15-5-4-12-31(35)34-22-27(17-19-36(34)41)30-13-7-14-32-33-21-26(24-40)16-18-37(33)42(38(30)32)28-9-2-1-3-10-28/h1-22H. The fourth-order valence-corrected chi connectivity index (χ4v) is 6.35. The highest BCUT2D eigenvalue weighted by atomic mass is 15.0. The minimum atomic E-state index is 0.634. The molecule has 0 radical (unpaired) electrons. The molecule has 0 amide bonds. The Hall–Kier alpha value is -6.10. The van der Waals surface area contributed by atoms with Crippen molar-refractivity contribution in [1.29, 1.82) is 10.5 Å². The predicted octanol–water partition coefficient (Wildman–Crippen LogP) is 9.29. The smallest absolute Gasteiger partial charge is 0.0992 e. The Labute approximate surface area is 242 Å². The van der Waals surface area contributed by atoms with Gasteiger partial charge in [-0.15, -0.1) is 0 Å². The lowest BCUT2D eigenvalue weighted by molar-refractivity contribution is 1.18. The number of hydrogen-bond acceptors (Lipinski definition) is 2. The molecule has 0 aliphatic carbocycles. The Morgan fingerprint density at radius 1 is 0.429 bits per heavy atom. The molecule has 0 N–H and O–H groups in total. The second-order valence-electron chi connectivity index (χ2n) is 10.5. The van der Waals surface area contributed by atoms with Crippen molar-refractivity contribution in [2.75, 3.05) is 0 Å². The van der Waals surface area contributed by atoms with E-state index in [9.17, 15) is 10.5 Å². The van der Waals surface area contributed by atoms with E-state index in [2.05, 4.69) is 118 Å². The van der Waals surface area contributed by atoms with Crippen molar-refractivity contribution in [3.8, 4) is 34.6 Å². The van der Waals surface area contributed by atoms with Gasteiger partial charge in [-0.1, -0.05) is 66.7 Å². The van der Waals surface area contributed by atoms with Crippen molar-refractivity contribution in [1.82, 2.24) is 9.13 Å². The van der Waals surface area contributed by atoms with Crippen LogP contribution in [0.1, 0.15) is 11.1 Å². The summed E-state index contributed by atoms with van der Waals surface area (Å²) in [4.78, 5) is 0. The first-order valence-corrected chi connectivity index (χ1v) is 13.8. The van der Waals surface area contributed by atoms with E-state index in [1.54, 1.807) is 0 Å². The predicted molar refractivity (Wildman–Crippen MR) is 170 cm³/mol. The number of hydrogen-bond donors (Lipinski definition) is 0. The van der Waals surface area contributed by atoms with E-state index >= 15 is 0 Å². The van der Waals surface area contributed by atoms with Gasteiger partial charge in [-0.05, 0) is 72.3 Å². The molecule has 0 aliphatic heterocycles. The highest BCUT2D eigenvalue weighted by molar-refractivity contribution is 6.15. The van der Waals surface area contributed by atoms with E-state index < -0.39 is 0 Å². The van der Waals surface area contributed by atoms with E-state index in [-0.39, 0.29) is 0 Å². The summed E-state index contributed by atoms with van der Waals surface area (Å²) in [6.45, 7) is 0. The van der Waals surface area contributed by atoms with Crippen molar-refractivity contribution in [3.63, 3.8) is 0 Å². The molecule has 0 fully saturated rings. The molecule has 0 spiro atoms. The zero-order chi connectivity index (χ0) is 28.2. The molecule has 8 rings (SSSR count). The van der Waals surface area contributed by atoms with Crippen LogP contribution in [0.25, 0.3) is 66.1 Å². The average Bonchev–Trinajstić information content (AvgIpc) is 3.57. The lowest BCUT2D eigenvalue weighted by Gasteiger charge is -2.12. The Kier molecular flexibility index (Phi) is 5.22. The topological polar surface area (TPSA) is 57.4 Å². The fourth-order valence-electron chi connectivity index (χ4n) is 6.35. The molecule has 0 saturated carbocycles. The van der Waals surface area contributed by atoms with Crippen LogP contribution < -0.4 is 0 Å². The zero-order valence-electron chi connectivity index (χ0n) is 22.5. The van der Waals surface area contributed by atoms with Gasteiger partial charge in [-0.2, -0.15) is 10.5 Å². The molecule has 0 bridgehead atoms. The number of aromatic nitrogens is 2. The average molecular weight is 535 g/mol. The number of nitriles is 2. The van der Waals surface area contributed by atoms with Crippen molar-refractivity contribution in [2.45, 2.75) is 0 Å². The quantitative estimate of drug-likeness (QED) is 0.227. The second kappa shape index (κ2) is 9.24.